The van der Waals surface area contributed by atoms with Gasteiger partial charge in [0.25, 0.3) is 11.8 Å². The molecule has 0 radical (unpaired) electrons. The average molecular weight is 626 g/mol. The summed E-state index contributed by atoms with van der Waals surface area (Å²) in [5, 5.41) is 9.19. The molecular formula is C35H36FN5O3S. The van der Waals surface area contributed by atoms with E-state index in [1.165, 1.54) is 25.0 Å². The Morgan fingerprint density at radius 2 is 1.87 bits per heavy atom. The van der Waals surface area contributed by atoms with Gasteiger partial charge in [-0.05, 0) is 73.6 Å². The summed E-state index contributed by atoms with van der Waals surface area (Å²) in [4.78, 5) is 29.3. The molecule has 45 heavy (non-hydrogen) atoms. The van der Waals surface area contributed by atoms with Crippen molar-refractivity contribution in [3.8, 4) is 11.3 Å². The fourth-order valence-corrected chi connectivity index (χ4v) is 6.89. The standard InChI is InChI=1S/C35H36FN5O3S/c1-37-34(42)31-27-17-26(29(39(2)45-3)18-30(27)44-33(31)22-12-14-24(36)15-13-22)23-7-6-16-40(20-23)35(43)32-25-8-4-5-9-28(25)41(38-32)19-21-10-11-21/h4-5,8-9,12-15,17-18,21,23H,6-7,10-11,16,19-20H2,1-3H3,(H,37,42). The fourth-order valence-electron chi connectivity index (χ4n) is 6.54. The number of para-hydroxylation sites is 1. The summed E-state index contributed by atoms with van der Waals surface area (Å²) in [6, 6.07) is 18.0. The number of nitrogens with zero attached hydrogens (tertiary/aromatic N) is 4. The van der Waals surface area contributed by atoms with Crippen LogP contribution < -0.4 is 9.62 Å². The molecule has 0 bridgehead atoms. The predicted molar refractivity (Wildman–Crippen MR) is 177 cm³/mol. The Balaban J connectivity index is 1.28. The number of anilines is 1. The third-order valence-electron chi connectivity index (χ3n) is 9.15. The van der Waals surface area contributed by atoms with Crippen molar-refractivity contribution in [3.05, 3.63) is 83.3 Å². The van der Waals surface area contributed by atoms with Gasteiger partial charge in [-0.15, -0.1) is 0 Å². The molecule has 1 aliphatic carbocycles. The molecule has 8 nitrogen and oxygen atoms in total. The molecule has 3 heterocycles. The average Bonchev–Trinajstić information content (AvgIpc) is 3.71. The van der Waals surface area contributed by atoms with Crippen molar-refractivity contribution in [2.24, 2.45) is 5.92 Å². The maximum atomic E-state index is 14.1. The quantitative estimate of drug-likeness (QED) is 0.185. The second kappa shape index (κ2) is 11.9. The number of halogens is 1. The first kappa shape index (κ1) is 29.4. The van der Waals surface area contributed by atoms with Gasteiger partial charge in [0.15, 0.2) is 5.69 Å². The summed E-state index contributed by atoms with van der Waals surface area (Å²) >= 11 is 1.58. The Labute approximate surface area is 265 Å². The van der Waals surface area contributed by atoms with Gasteiger partial charge in [0.2, 0.25) is 0 Å². The smallest absolute Gasteiger partial charge is 0.275 e. The van der Waals surface area contributed by atoms with Crippen molar-refractivity contribution >= 4 is 51.3 Å². The van der Waals surface area contributed by atoms with E-state index in [1.807, 2.05) is 47.2 Å². The van der Waals surface area contributed by atoms with Crippen LogP contribution in [-0.2, 0) is 6.54 Å². The lowest BCUT2D eigenvalue weighted by Crippen LogP contribution is -2.39. The molecule has 1 aliphatic heterocycles. The number of hydrogen-bond acceptors (Lipinski definition) is 6. The number of fused-ring (bicyclic) bond motifs is 2. The molecule has 1 saturated carbocycles. The molecule has 2 fully saturated rings. The SMILES string of the molecule is CNC(=O)c1c(-c2ccc(F)cc2)oc2cc(N(C)SC)c(C3CCCN(C(=O)c4nn(CC5CC5)c5ccccc45)C3)cc12. The van der Waals surface area contributed by atoms with Crippen LogP contribution in [0.3, 0.4) is 0 Å². The zero-order valence-corrected chi connectivity index (χ0v) is 26.5. The van der Waals surface area contributed by atoms with Crippen LogP contribution in [0.5, 0.6) is 0 Å². The van der Waals surface area contributed by atoms with Crippen LogP contribution in [-0.4, -0.2) is 59.9 Å². The molecule has 2 amide bonds. The van der Waals surface area contributed by atoms with Gasteiger partial charge >= 0.3 is 0 Å². The van der Waals surface area contributed by atoms with Crippen LogP contribution in [0.25, 0.3) is 33.2 Å². The highest BCUT2D eigenvalue weighted by Crippen LogP contribution is 2.42. The summed E-state index contributed by atoms with van der Waals surface area (Å²) in [5.41, 5.74) is 5.15. The summed E-state index contributed by atoms with van der Waals surface area (Å²) in [5.74, 6) is 0.398. The summed E-state index contributed by atoms with van der Waals surface area (Å²) in [7, 11) is 3.59. The van der Waals surface area contributed by atoms with Crippen LogP contribution in [0.2, 0.25) is 0 Å². The number of aromatic nitrogens is 2. The molecule has 1 unspecified atom stereocenters. The number of piperidine rings is 1. The van der Waals surface area contributed by atoms with E-state index in [-0.39, 0.29) is 23.5 Å². The highest BCUT2D eigenvalue weighted by atomic mass is 32.2. The largest absolute Gasteiger partial charge is 0.455 e. The molecule has 5 aromatic rings. The van der Waals surface area contributed by atoms with Crippen LogP contribution in [0, 0.1) is 11.7 Å². The second-order valence-electron chi connectivity index (χ2n) is 12.1. The number of rotatable bonds is 8. The number of amides is 2. The first-order chi connectivity index (χ1) is 21.9. The van der Waals surface area contributed by atoms with Gasteiger partial charge in [-0.3, -0.25) is 14.3 Å². The Kier molecular flexibility index (Phi) is 7.77. The molecule has 2 aromatic heterocycles. The van der Waals surface area contributed by atoms with E-state index < -0.39 is 0 Å². The van der Waals surface area contributed by atoms with Gasteiger partial charge in [0.05, 0.1) is 16.8 Å². The van der Waals surface area contributed by atoms with E-state index in [9.17, 15) is 14.0 Å². The molecule has 1 N–H and O–H groups in total. The first-order valence-electron chi connectivity index (χ1n) is 15.5. The highest BCUT2D eigenvalue weighted by molar-refractivity contribution is 7.99. The molecule has 2 aliphatic rings. The van der Waals surface area contributed by atoms with E-state index in [1.54, 1.807) is 31.1 Å². The topological polar surface area (TPSA) is 83.6 Å². The van der Waals surface area contributed by atoms with Gasteiger partial charge < -0.3 is 18.9 Å². The van der Waals surface area contributed by atoms with Crippen LogP contribution >= 0.6 is 11.9 Å². The highest BCUT2D eigenvalue weighted by Gasteiger charge is 2.32. The maximum absolute atomic E-state index is 14.1. The number of carbonyl (C=O) groups is 2. The lowest BCUT2D eigenvalue weighted by atomic mass is 9.88. The predicted octanol–water partition coefficient (Wildman–Crippen LogP) is 7.09. The third kappa shape index (κ3) is 5.45. The molecular weight excluding hydrogens is 589 g/mol. The minimum Gasteiger partial charge on any atom is -0.455 e. The fraction of sp³-hybridized carbons (Fsp3) is 0.343. The zero-order valence-electron chi connectivity index (χ0n) is 25.7. The van der Waals surface area contributed by atoms with Crippen molar-refractivity contribution < 1.29 is 18.4 Å². The molecule has 0 spiro atoms. The number of carbonyl (C=O) groups excluding carboxylic acids is 2. The van der Waals surface area contributed by atoms with Gasteiger partial charge in [-0.25, -0.2) is 4.39 Å². The van der Waals surface area contributed by atoms with E-state index in [0.29, 0.717) is 52.6 Å². The first-order valence-corrected chi connectivity index (χ1v) is 16.7. The van der Waals surface area contributed by atoms with E-state index in [2.05, 4.69) is 21.8 Å². The molecule has 232 valence electrons. The van der Waals surface area contributed by atoms with Crippen LogP contribution in [0.1, 0.15) is 58.0 Å². The monoisotopic (exact) mass is 625 g/mol. The molecule has 10 heteroatoms. The number of furan rings is 1. The minimum absolute atomic E-state index is 0.0400. The van der Waals surface area contributed by atoms with Crippen molar-refractivity contribution in [1.82, 2.24) is 20.0 Å². The summed E-state index contributed by atoms with van der Waals surface area (Å²) < 4.78 is 24.2. The normalized spacial score (nSPS) is 16.8. The van der Waals surface area contributed by atoms with Crippen LogP contribution in [0.15, 0.2) is 65.1 Å². The minimum atomic E-state index is -0.360. The Bertz CT molecular complexity index is 1910. The number of nitrogens with one attached hydrogen (secondary N) is 1. The molecule has 7 rings (SSSR count). The van der Waals surface area contributed by atoms with Gasteiger partial charge in [0, 0.05) is 68.3 Å². The Morgan fingerprint density at radius 3 is 2.60 bits per heavy atom. The number of likely N-dealkylation sites (tertiary alicyclic amines) is 1. The molecule has 1 saturated heterocycles. The van der Waals surface area contributed by atoms with Crippen molar-refractivity contribution in [2.45, 2.75) is 38.1 Å². The van der Waals surface area contributed by atoms with Crippen molar-refractivity contribution in [1.29, 1.82) is 0 Å². The van der Waals surface area contributed by atoms with Gasteiger partial charge in [-0.1, -0.05) is 30.1 Å². The lowest BCUT2D eigenvalue weighted by Gasteiger charge is -2.34. The van der Waals surface area contributed by atoms with Crippen LogP contribution in [0.4, 0.5) is 10.1 Å². The lowest BCUT2D eigenvalue weighted by molar-refractivity contribution is 0.0702. The summed E-state index contributed by atoms with van der Waals surface area (Å²) in [6.45, 7) is 2.06. The Morgan fingerprint density at radius 1 is 1.09 bits per heavy atom. The third-order valence-corrected chi connectivity index (χ3v) is 9.89. The van der Waals surface area contributed by atoms with Crippen molar-refractivity contribution in [2.75, 3.05) is 37.7 Å². The Hall–Kier alpha value is -4.31. The zero-order chi connectivity index (χ0) is 31.2. The van der Waals surface area contributed by atoms with E-state index in [0.717, 1.165) is 41.5 Å². The molecule has 3 aromatic carbocycles. The maximum Gasteiger partial charge on any atom is 0.275 e. The summed E-state index contributed by atoms with van der Waals surface area (Å²) in [6.07, 6.45) is 6.19. The van der Waals surface area contributed by atoms with Gasteiger partial charge in [0.1, 0.15) is 17.2 Å². The van der Waals surface area contributed by atoms with E-state index >= 15 is 0 Å². The van der Waals surface area contributed by atoms with E-state index in [4.69, 9.17) is 9.52 Å². The number of benzene rings is 3. The second-order valence-corrected chi connectivity index (χ2v) is 13.0. The molecule has 1 atom stereocenters. The van der Waals surface area contributed by atoms with Crippen molar-refractivity contribution in [3.63, 3.8) is 0 Å². The van der Waals surface area contributed by atoms with Gasteiger partial charge in [-0.2, -0.15) is 5.10 Å². The number of hydrogen-bond donors (Lipinski definition) is 1.